The second-order valence-electron chi connectivity index (χ2n) is 24.8. The van der Waals surface area contributed by atoms with Crippen molar-refractivity contribution in [3.05, 3.63) is 30.0 Å². The summed E-state index contributed by atoms with van der Waals surface area (Å²) in [7, 11) is 0. The summed E-state index contributed by atoms with van der Waals surface area (Å²) >= 11 is 2.50. The van der Waals surface area contributed by atoms with Crippen LogP contribution in [0.5, 0.6) is 0 Å². The highest BCUT2D eigenvalue weighted by Gasteiger charge is 2.45. The van der Waals surface area contributed by atoms with Gasteiger partial charge in [0.15, 0.2) is 5.96 Å². The minimum atomic E-state index is -1.99. The Kier molecular flexibility index (Phi) is 29.5. The molecule has 13 amide bonds. The highest BCUT2D eigenvalue weighted by Crippen LogP contribution is 2.42. The Labute approximate surface area is 574 Å². The lowest BCUT2D eigenvalue weighted by Gasteiger charge is -2.32. The maximum Gasteiger partial charge on any atom is 0.305 e. The van der Waals surface area contributed by atoms with E-state index in [0.717, 1.165) is 16.7 Å². The number of imide groups is 1. The lowest BCUT2D eigenvalue weighted by Crippen LogP contribution is -2.61. The molecule has 35 heteroatoms. The molecule has 11 atom stereocenters. The molecule has 5 heterocycles. The Morgan fingerprint density at radius 1 is 0.684 bits per heavy atom. The van der Waals surface area contributed by atoms with Gasteiger partial charge in [-0.3, -0.25) is 81.8 Å². The molecule has 33 nitrogen and oxygen atoms in total. The fourth-order valence-electron chi connectivity index (χ4n) is 12.5. The molecule has 0 bridgehead atoms. The predicted molar refractivity (Wildman–Crippen MR) is 359 cm³/mol. The predicted octanol–water partition coefficient (Wildman–Crippen LogP) is -2.03. The van der Waals surface area contributed by atoms with Gasteiger partial charge >= 0.3 is 11.9 Å². The highest BCUT2D eigenvalue weighted by molar-refractivity contribution is 7.99. The molecule has 0 saturated carbocycles. The molecule has 98 heavy (non-hydrogen) atoms. The number of guanidine groups is 1. The van der Waals surface area contributed by atoms with E-state index in [4.69, 9.17) is 17.2 Å². The minimum Gasteiger partial charge on any atom is -0.481 e. The van der Waals surface area contributed by atoms with Crippen LogP contribution in [0.3, 0.4) is 0 Å². The number of nitrogens with two attached hydrogens (primary N) is 3. The standard InChI is InChI=1S/C63H92N16O17S2/c1-6-33(2)50-58(93)72-40(20-21-48(83)84)53(88)74-43(31-49(85)86)55(90)73-42(17-11-23-68-63(65)66)60(95)76-26-12-18-45(76)56(91)71-41(22-29-97-5)54(89)70-39(52(64)87)16-9-10-25-79-51(38-30-47(82)78(59(38)94)28-24-67-34(3)80)36-14-7-8-15-37(36)62(79)98-32-44(69-35(4)81)61(96)77-27-13-19-46(77)57(92)75-50/h7-8,14-15,33,38-46,50H,6,9-13,16-32H2,1-5H3,(H2,64,87)(H,67,80)(H,69,81)(H,70,89)(H,71,91)(H,72,93)(H,73,90)(H,74,88)(H,75,92)(H,83,84)(H,85,86)(H4,65,66,68)/t33-,38?,39-,40-,41-,42-,43-,44-,45-,46-,50-/m0/s1. The second-order valence-corrected chi connectivity index (χ2v) is 26.8. The van der Waals surface area contributed by atoms with Crippen LogP contribution in [0.1, 0.15) is 136 Å². The molecule has 1 aromatic carbocycles. The van der Waals surface area contributed by atoms with E-state index < -0.39 is 168 Å². The van der Waals surface area contributed by atoms with E-state index in [1.165, 1.54) is 35.4 Å². The van der Waals surface area contributed by atoms with Crippen molar-refractivity contribution in [3.8, 4) is 0 Å². The van der Waals surface area contributed by atoms with Gasteiger partial charge in [0.2, 0.25) is 76.8 Å². The third kappa shape index (κ3) is 21.2. The van der Waals surface area contributed by atoms with Crippen molar-refractivity contribution in [2.45, 2.75) is 196 Å². The van der Waals surface area contributed by atoms with Crippen LogP contribution >= 0.6 is 23.5 Å². The van der Waals surface area contributed by atoms with E-state index in [9.17, 15) is 82.1 Å². The van der Waals surface area contributed by atoms with Crippen molar-refractivity contribution >= 4 is 129 Å². The molecule has 3 fully saturated rings. The Morgan fingerprint density at radius 2 is 1.29 bits per heavy atom. The number of nitrogens with zero attached hydrogens (tertiary/aromatic N) is 5. The van der Waals surface area contributed by atoms with E-state index in [-0.39, 0.29) is 128 Å². The Bertz CT molecular complexity index is 3360. The number of aliphatic imine (C=N–C) groups is 1. The lowest BCUT2D eigenvalue weighted by atomic mass is 9.97. The van der Waals surface area contributed by atoms with E-state index >= 15 is 0 Å². The fourth-order valence-corrected chi connectivity index (χ4v) is 14.2. The van der Waals surface area contributed by atoms with Crippen LogP contribution in [0.2, 0.25) is 0 Å². The third-order valence-corrected chi connectivity index (χ3v) is 19.5. The lowest BCUT2D eigenvalue weighted by molar-refractivity contribution is -0.144. The first-order valence-electron chi connectivity index (χ1n) is 32.9. The molecule has 4 aliphatic heterocycles. The van der Waals surface area contributed by atoms with Crippen molar-refractivity contribution < 1.29 is 82.1 Å². The molecule has 2 aromatic rings. The Balaban J connectivity index is 1.44. The summed E-state index contributed by atoms with van der Waals surface area (Å²) < 4.78 is 1.85. The first-order chi connectivity index (χ1) is 46.6. The first kappa shape index (κ1) is 78.0. The van der Waals surface area contributed by atoms with Gasteiger partial charge in [0.1, 0.15) is 54.4 Å². The second kappa shape index (κ2) is 37.1. The number of primary amides is 1. The number of carboxylic acid groups (broad SMARTS) is 2. The van der Waals surface area contributed by atoms with Crippen LogP contribution in [-0.4, -0.2) is 229 Å². The zero-order valence-electron chi connectivity index (χ0n) is 55.7. The summed E-state index contributed by atoms with van der Waals surface area (Å²) in [4.78, 5) is 215. The van der Waals surface area contributed by atoms with Crippen molar-refractivity contribution in [2.75, 3.05) is 50.5 Å². The number of benzene rings is 1. The number of fused-ring (bicyclic) bond motifs is 5. The molecule has 3 saturated heterocycles. The molecule has 1 unspecified atom stereocenters. The quantitative estimate of drug-likeness (QED) is 0.0294. The highest BCUT2D eigenvalue weighted by atomic mass is 32.2. The first-order valence-corrected chi connectivity index (χ1v) is 35.2. The van der Waals surface area contributed by atoms with Crippen LogP contribution in [-0.2, 0) is 78.5 Å². The number of carbonyl (C=O) groups is 15. The average Bonchev–Trinajstić information content (AvgIpc) is 1.59. The SMILES string of the molecule is CC[C@H](C)[C@@H]1NC(=O)[C@@H]2CCCN2C(=O)[C@@H](NC(C)=O)CSc2c3ccccc3c(C3CC(=O)N(CCNC(C)=O)C3=O)n2CCCC[C@@H](C(N)=O)NC(=O)[C@H](CCSC)NC(=O)[C@@H]2CCCN2C(=O)[C@H](CCCN=C(N)N)NC(=O)[C@H](CC(=O)O)NC(=O)[C@H](CCC(=O)O)NC1=O. The van der Waals surface area contributed by atoms with Crippen molar-refractivity contribution in [2.24, 2.45) is 28.1 Å². The molecule has 538 valence electrons. The summed E-state index contributed by atoms with van der Waals surface area (Å²) in [5, 5.41) is 42.4. The smallest absolute Gasteiger partial charge is 0.305 e. The molecule has 0 spiro atoms. The van der Waals surface area contributed by atoms with Gasteiger partial charge in [0.25, 0.3) is 0 Å². The number of hydrogen-bond acceptors (Lipinski definition) is 18. The summed E-state index contributed by atoms with van der Waals surface area (Å²) in [6.07, 6.45) is 0.404. The van der Waals surface area contributed by atoms with Gasteiger partial charge in [0.05, 0.1) is 17.4 Å². The molecule has 0 aliphatic carbocycles. The van der Waals surface area contributed by atoms with Gasteiger partial charge in [-0.1, -0.05) is 44.5 Å². The number of aliphatic carboxylic acids is 2. The van der Waals surface area contributed by atoms with E-state index in [1.807, 2.05) is 4.57 Å². The van der Waals surface area contributed by atoms with E-state index in [0.29, 0.717) is 33.7 Å². The van der Waals surface area contributed by atoms with Crippen molar-refractivity contribution in [1.29, 1.82) is 0 Å². The normalized spacial score (nSPS) is 25.1. The summed E-state index contributed by atoms with van der Waals surface area (Å²) in [6.45, 7) is 5.79. The van der Waals surface area contributed by atoms with Crippen LogP contribution in [0.15, 0.2) is 34.3 Å². The van der Waals surface area contributed by atoms with Gasteiger partial charge in [-0.25, -0.2) is 0 Å². The van der Waals surface area contributed by atoms with Gasteiger partial charge in [-0.2, -0.15) is 11.8 Å². The number of aromatic nitrogens is 1. The Hall–Kier alpha value is -9.02. The zero-order valence-corrected chi connectivity index (χ0v) is 57.4. The van der Waals surface area contributed by atoms with Crippen molar-refractivity contribution in [3.63, 3.8) is 0 Å². The molecular weight excluding hydrogens is 1320 g/mol. The minimum absolute atomic E-state index is 0.000744. The summed E-state index contributed by atoms with van der Waals surface area (Å²) in [6, 6.07) is -6.02. The van der Waals surface area contributed by atoms with Gasteiger partial charge in [-0.15, -0.1) is 11.8 Å². The van der Waals surface area contributed by atoms with Crippen LogP contribution < -0.4 is 59.7 Å². The maximum atomic E-state index is 15.0. The topological polar surface area (TPSA) is 498 Å². The summed E-state index contributed by atoms with van der Waals surface area (Å²) in [5.74, 6) is -15.0. The molecular formula is C63H92N16O17S2. The fraction of sp³-hybridized carbons (Fsp3) is 0.619. The van der Waals surface area contributed by atoms with E-state index in [2.05, 4.69) is 47.5 Å². The van der Waals surface area contributed by atoms with Gasteiger partial charge < -0.3 is 84.3 Å². The summed E-state index contributed by atoms with van der Waals surface area (Å²) in [5.41, 5.74) is 17.5. The number of carbonyl (C=O) groups excluding carboxylic acids is 13. The number of nitrogens with one attached hydrogen (secondary N) is 8. The Morgan fingerprint density at radius 3 is 1.90 bits per heavy atom. The zero-order chi connectivity index (χ0) is 72.1. The van der Waals surface area contributed by atoms with Crippen molar-refractivity contribution in [1.82, 2.24) is 61.8 Å². The van der Waals surface area contributed by atoms with Gasteiger partial charge in [0, 0.05) is 88.2 Å². The number of rotatable bonds is 20. The monoisotopic (exact) mass is 1410 g/mol. The van der Waals surface area contributed by atoms with Crippen LogP contribution in [0.4, 0.5) is 0 Å². The number of carboxylic acids is 2. The molecule has 1 aromatic heterocycles. The molecule has 0 radical (unpaired) electrons. The molecule has 4 aliphatic rings. The molecule has 6 rings (SSSR count). The third-order valence-electron chi connectivity index (χ3n) is 17.7. The number of hydrogen-bond donors (Lipinski definition) is 13. The largest absolute Gasteiger partial charge is 0.481 e. The number of likely N-dealkylation sites (tertiary alicyclic amines) is 1. The van der Waals surface area contributed by atoms with Crippen LogP contribution in [0.25, 0.3) is 10.8 Å². The molecule has 16 N–H and O–H groups in total. The van der Waals surface area contributed by atoms with Gasteiger partial charge in [-0.05, 0) is 88.6 Å². The maximum absolute atomic E-state index is 15.0. The van der Waals surface area contributed by atoms with Crippen LogP contribution in [0, 0.1) is 5.92 Å². The number of amides is 13. The average molecular weight is 1410 g/mol. The van der Waals surface area contributed by atoms with E-state index in [1.54, 1.807) is 44.4 Å². The number of thioether (sulfide) groups is 2.